The van der Waals surface area contributed by atoms with Gasteiger partial charge in [0.1, 0.15) is 11.4 Å². The van der Waals surface area contributed by atoms with Gasteiger partial charge in [-0.3, -0.25) is 4.79 Å². The highest BCUT2D eigenvalue weighted by molar-refractivity contribution is 5.36. The van der Waals surface area contributed by atoms with E-state index in [2.05, 4.69) is 40.9 Å². The summed E-state index contributed by atoms with van der Waals surface area (Å²) in [7, 11) is 2.20. The molecule has 0 bridgehead atoms. The fraction of sp³-hybridized carbons (Fsp3) is 0.588. The van der Waals surface area contributed by atoms with E-state index in [1.807, 2.05) is 0 Å². The van der Waals surface area contributed by atoms with Crippen molar-refractivity contribution in [2.45, 2.75) is 38.2 Å². The van der Waals surface area contributed by atoms with E-state index >= 15 is 0 Å². The van der Waals surface area contributed by atoms with Crippen molar-refractivity contribution in [2.75, 3.05) is 26.7 Å². The average molecular weight is 291 g/mol. The average Bonchev–Trinajstić information content (AvgIpc) is 2.52. The molecule has 2 aliphatic heterocycles. The van der Waals surface area contributed by atoms with E-state index in [9.17, 15) is 4.79 Å². The van der Waals surface area contributed by atoms with Crippen LogP contribution in [-0.2, 0) is 16.0 Å². The summed E-state index contributed by atoms with van der Waals surface area (Å²) in [6.07, 6.45) is 4.73. The first kappa shape index (κ1) is 15.8. The van der Waals surface area contributed by atoms with E-state index in [4.69, 9.17) is 4.74 Å². The maximum Gasteiger partial charge on any atom is 0.293 e. The smallest absolute Gasteiger partial charge is 0.293 e. The number of aryl methyl sites for hydroxylation is 1. The van der Waals surface area contributed by atoms with Crippen molar-refractivity contribution in [1.29, 1.82) is 0 Å². The number of hydrogen-bond donors (Lipinski definition) is 0. The summed E-state index contributed by atoms with van der Waals surface area (Å²) in [5, 5.41) is 0. The Morgan fingerprint density at radius 1 is 1.29 bits per heavy atom. The third-order valence-corrected chi connectivity index (χ3v) is 4.28. The molecule has 1 aromatic carbocycles. The van der Waals surface area contributed by atoms with Gasteiger partial charge in [-0.1, -0.05) is 18.2 Å². The van der Waals surface area contributed by atoms with Crippen LogP contribution in [0.5, 0.6) is 5.75 Å². The van der Waals surface area contributed by atoms with Gasteiger partial charge in [-0.15, -0.1) is 0 Å². The molecule has 2 heterocycles. The minimum Gasteiger partial charge on any atom is -0.487 e. The lowest BCUT2D eigenvalue weighted by molar-refractivity contribution is -0.128. The SMILES string of the molecule is CCOC=O.CN1CCC2(CCc3ccccc3O2)CC1. The van der Waals surface area contributed by atoms with Crippen molar-refractivity contribution < 1.29 is 14.3 Å². The number of carbonyl (C=O) groups excluding carboxylic acids is 1. The molecule has 4 nitrogen and oxygen atoms in total. The summed E-state index contributed by atoms with van der Waals surface area (Å²) in [6.45, 7) is 5.00. The summed E-state index contributed by atoms with van der Waals surface area (Å²) in [5.74, 6) is 1.12. The Hall–Kier alpha value is -1.55. The van der Waals surface area contributed by atoms with Crippen LogP contribution >= 0.6 is 0 Å². The van der Waals surface area contributed by atoms with Gasteiger partial charge < -0.3 is 14.4 Å². The zero-order chi connectivity index (χ0) is 15.1. The summed E-state index contributed by atoms with van der Waals surface area (Å²) in [5.41, 5.74) is 1.52. The van der Waals surface area contributed by atoms with Crippen LogP contribution in [-0.4, -0.2) is 43.7 Å². The molecule has 4 heteroatoms. The van der Waals surface area contributed by atoms with E-state index < -0.39 is 0 Å². The fourth-order valence-electron chi connectivity index (χ4n) is 2.90. The van der Waals surface area contributed by atoms with Gasteiger partial charge in [-0.05, 0) is 51.3 Å². The third kappa shape index (κ3) is 4.21. The number of benzene rings is 1. The Balaban J connectivity index is 0.000000282. The van der Waals surface area contributed by atoms with Crippen LogP contribution in [0.1, 0.15) is 31.7 Å². The van der Waals surface area contributed by atoms with E-state index in [1.165, 1.54) is 44.3 Å². The highest BCUT2D eigenvalue weighted by Crippen LogP contribution is 2.38. The first-order valence-electron chi connectivity index (χ1n) is 7.70. The molecular formula is C17H25NO3. The second kappa shape index (κ2) is 7.46. The van der Waals surface area contributed by atoms with Crippen molar-refractivity contribution in [3.63, 3.8) is 0 Å². The molecule has 116 valence electrons. The Kier molecular flexibility index (Phi) is 5.62. The maximum atomic E-state index is 9.18. The maximum absolute atomic E-state index is 9.18. The quantitative estimate of drug-likeness (QED) is 0.785. The minimum atomic E-state index is 0.140. The number of ether oxygens (including phenoxy) is 2. The molecule has 0 amide bonds. The summed E-state index contributed by atoms with van der Waals surface area (Å²) in [6, 6.07) is 8.49. The van der Waals surface area contributed by atoms with Crippen molar-refractivity contribution >= 4 is 6.47 Å². The Labute approximate surface area is 127 Å². The summed E-state index contributed by atoms with van der Waals surface area (Å²) < 4.78 is 10.4. The molecule has 1 spiro atoms. The predicted octanol–water partition coefficient (Wildman–Crippen LogP) is 2.66. The van der Waals surface area contributed by atoms with Crippen LogP contribution in [0.15, 0.2) is 24.3 Å². The normalized spacial score (nSPS) is 19.7. The first-order chi connectivity index (χ1) is 10.2. The third-order valence-electron chi connectivity index (χ3n) is 4.28. The number of para-hydroxylation sites is 1. The fourth-order valence-corrected chi connectivity index (χ4v) is 2.90. The zero-order valence-electron chi connectivity index (χ0n) is 13.0. The van der Waals surface area contributed by atoms with Crippen molar-refractivity contribution in [1.82, 2.24) is 4.90 Å². The van der Waals surface area contributed by atoms with Gasteiger partial charge in [0.25, 0.3) is 6.47 Å². The monoisotopic (exact) mass is 291 g/mol. The van der Waals surface area contributed by atoms with Gasteiger partial charge in [0.15, 0.2) is 0 Å². The number of nitrogens with zero attached hydrogens (tertiary/aromatic N) is 1. The molecule has 0 radical (unpaired) electrons. The van der Waals surface area contributed by atoms with Crippen LogP contribution in [0.4, 0.5) is 0 Å². The van der Waals surface area contributed by atoms with Crippen LogP contribution in [0.3, 0.4) is 0 Å². The number of carbonyl (C=O) groups is 1. The van der Waals surface area contributed by atoms with E-state index in [0.29, 0.717) is 13.1 Å². The molecule has 3 rings (SSSR count). The molecule has 1 aromatic rings. The van der Waals surface area contributed by atoms with Crippen LogP contribution in [0.25, 0.3) is 0 Å². The topological polar surface area (TPSA) is 38.8 Å². The minimum absolute atomic E-state index is 0.140. The largest absolute Gasteiger partial charge is 0.487 e. The summed E-state index contributed by atoms with van der Waals surface area (Å²) >= 11 is 0. The second-order valence-corrected chi connectivity index (χ2v) is 5.75. The lowest BCUT2D eigenvalue weighted by Gasteiger charge is -2.43. The van der Waals surface area contributed by atoms with Gasteiger partial charge >= 0.3 is 0 Å². The number of fused-ring (bicyclic) bond motifs is 1. The highest BCUT2D eigenvalue weighted by atomic mass is 16.5. The van der Waals surface area contributed by atoms with Crippen molar-refractivity contribution in [3.8, 4) is 5.75 Å². The first-order valence-corrected chi connectivity index (χ1v) is 7.70. The van der Waals surface area contributed by atoms with Crippen LogP contribution in [0, 0.1) is 0 Å². The van der Waals surface area contributed by atoms with E-state index in [-0.39, 0.29) is 5.60 Å². The Morgan fingerprint density at radius 2 is 2.00 bits per heavy atom. The van der Waals surface area contributed by atoms with Crippen molar-refractivity contribution in [3.05, 3.63) is 29.8 Å². The molecular weight excluding hydrogens is 266 g/mol. The molecule has 1 fully saturated rings. The van der Waals surface area contributed by atoms with Crippen molar-refractivity contribution in [2.24, 2.45) is 0 Å². The number of likely N-dealkylation sites (tertiary alicyclic amines) is 1. The molecule has 0 saturated carbocycles. The lowest BCUT2D eigenvalue weighted by atomic mass is 9.83. The summed E-state index contributed by atoms with van der Waals surface area (Å²) in [4.78, 5) is 11.6. The zero-order valence-corrected chi connectivity index (χ0v) is 13.0. The van der Waals surface area contributed by atoms with Gasteiger partial charge in [0.2, 0.25) is 0 Å². The van der Waals surface area contributed by atoms with E-state index in [1.54, 1.807) is 6.92 Å². The standard InChI is InChI=1S/C14H19NO.C3H6O2/c1-15-10-8-14(9-11-15)7-6-12-4-2-3-5-13(12)16-14;1-2-5-3-4/h2-5H,6-11H2,1H3;3H,2H2,1H3. The molecule has 0 aliphatic carbocycles. The Morgan fingerprint density at radius 3 is 2.62 bits per heavy atom. The molecule has 1 saturated heterocycles. The predicted molar refractivity (Wildman–Crippen MR) is 82.5 cm³/mol. The van der Waals surface area contributed by atoms with Gasteiger partial charge in [0, 0.05) is 13.1 Å². The molecule has 0 atom stereocenters. The molecule has 0 unspecified atom stereocenters. The highest BCUT2D eigenvalue weighted by Gasteiger charge is 2.38. The van der Waals surface area contributed by atoms with Gasteiger partial charge in [-0.2, -0.15) is 0 Å². The van der Waals surface area contributed by atoms with E-state index in [0.717, 1.165) is 5.75 Å². The van der Waals surface area contributed by atoms with Crippen LogP contribution < -0.4 is 4.74 Å². The second-order valence-electron chi connectivity index (χ2n) is 5.75. The van der Waals surface area contributed by atoms with Crippen LogP contribution in [0.2, 0.25) is 0 Å². The Bertz CT molecular complexity index is 453. The molecule has 2 aliphatic rings. The van der Waals surface area contributed by atoms with Gasteiger partial charge in [-0.25, -0.2) is 0 Å². The molecule has 21 heavy (non-hydrogen) atoms. The van der Waals surface area contributed by atoms with Gasteiger partial charge in [0.05, 0.1) is 6.61 Å². The lowest BCUT2D eigenvalue weighted by Crippen LogP contribution is -2.48. The number of piperidine rings is 1. The molecule has 0 N–H and O–H groups in total. The molecule has 0 aromatic heterocycles. The number of hydrogen-bond acceptors (Lipinski definition) is 4. The number of rotatable bonds is 2.